The highest BCUT2D eigenvalue weighted by Crippen LogP contribution is 2.40. The number of likely N-dealkylation sites (tertiary alicyclic amines) is 1. The predicted octanol–water partition coefficient (Wildman–Crippen LogP) is 3.68. The van der Waals surface area contributed by atoms with Crippen molar-refractivity contribution in [2.24, 2.45) is 5.92 Å². The molecule has 4 rings (SSSR count). The lowest BCUT2D eigenvalue weighted by Crippen LogP contribution is -2.43. The monoisotopic (exact) mass is 386 g/mol. The number of benzene rings is 1. The molecule has 1 saturated heterocycles. The van der Waals surface area contributed by atoms with Crippen molar-refractivity contribution in [1.29, 1.82) is 0 Å². The van der Waals surface area contributed by atoms with Crippen LogP contribution >= 0.6 is 12.2 Å². The Morgan fingerprint density at radius 1 is 1.30 bits per heavy atom. The number of nitrogens with one attached hydrogen (secondary N) is 1. The normalized spacial score (nSPS) is 25.3. The van der Waals surface area contributed by atoms with Crippen LogP contribution in [0.4, 0.5) is 0 Å². The predicted molar refractivity (Wildman–Crippen MR) is 106 cm³/mol. The van der Waals surface area contributed by atoms with Crippen molar-refractivity contribution < 1.29 is 9.53 Å². The maximum absolute atomic E-state index is 12.4. The summed E-state index contributed by atoms with van der Waals surface area (Å²) in [5.41, 5.74) is 2.21. The van der Waals surface area contributed by atoms with E-state index in [1.807, 2.05) is 16.8 Å². The number of aromatic amines is 1. The molecule has 1 aliphatic heterocycles. The number of methoxy groups -OCH3 is 1. The number of aryl methyl sites for hydroxylation is 1. The van der Waals surface area contributed by atoms with Crippen LogP contribution in [0.5, 0.6) is 0 Å². The molecule has 27 heavy (non-hydrogen) atoms. The maximum atomic E-state index is 12.4. The highest BCUT2D eigenvalue weighted by Gasteiger charge is 2.45. The van der Waals surface area contributed by atoms with Crippen molar-refractivity contribution in [2.75, 3.05) is 7.11 Å². The van der Waals surface area contributed by atoms with Crippen LogP contribution in [-0.2, 0) is 16.2 Å². The second-order valence-corrected chi connectivity index (χ2v) is 8.06. The van der Waals surface area contributed by atoms with E-state index in [4.69, 9.17) is 17.0 Å². The molecule has 2 aliphatic rings. The van der Waals surface area contributed by atoms with Crippen molar-refractivity contribution in [3.63, 3.8) is 0 Å². The zero-order valence-corrected chi connectivity index (χ0v) is 16.7. The van der Waals surface area contributed by atoms with Crippen molar-refractivity contribution in [1.82, 2.24) is 19.7 Å². The average molecular weight is 387 g/mol. The standard InChI is InChI=1S/C20H26N4O2S/c1-13-7-9-14(10-8-13)18-21-20(27)24(22-18)12-23-16-6-4-3-5-15(16)11-17(23)19(25)26-2/h7-10,15-17H,3-6,11-12H2,1-2H3,(H,21,22,27)/t15-,16+,17+/m1/s1. The molecule has 0 bridgehead atoms. The number of carbonyl (C=O) groups excluding carboxylic acids is 1. The number of rotatable bonds is 4. The molecule has 7 heteroatoms. The fourth-order valence-corrected chi connectivity index (χ4v) is 4.78. The number of ether oxygens (including phenoxy) is 1. The van der Waals surface area contributed by atoms with Gasteiger partial charge >= 0.3 is 5.97 Å². The molecule has 2 heterocycles. The van der Waals surface area contributed by atoms with Gasteiger partial charge in [-0.15, -0.1) is 0 Å². The minimum absolute atomic E-state index is 0.144. The summed E-state index contributed by atoms with van der Waals surface area (Å²) in [4.78, 5) is 19.2. The number of aromatic nitrogens is 3. The van der Waals surface area contributed by atoms with Crippen LogP contribution in [-0.4, -0.2) is 44.8 Å². The first-order valence-electron chi connectivity index (χ1n) is 9.64. The van der Waals surface area contributed by atoms with Gasteiger partial charge in [0.05, 0.1) is 13.8 Å². The number of nitrogens with zero attached hydrogens (tertiary/aromatic N) is 3. The summed E-state index contributed by atoms with van der Waals surface area (Å²) in [6.07, 6.45) is 5.67. The minimum atomic E-state index is -0.198. The molecule has 1 aromatic heterocycles. The largest absolute Gasteiger partial charge is 0.468 e. The van der Waals surface area contributed by atoms with Crippen LogP contribution in [0.1, 0.15) is 37.7 Å². The summed E-state index contributed by atoms with van der Waals surface area (Å²) in [6, 6.07) is 8.42. The number of hydrogen-bond acceptors (Lipinski definition) is 5. The van der Waals surface area contributed by atoms with Crippen LogP contribution < -0.4 is 0 Å². The summed E-state index contributed by atoms with van der Waals surface area (Å²) >= 11 is 5.49. The summed E-state index contributed by atoms with van der Waals surface area (Å²) in [6.45, 7) is 2.60. The Morgan fingerprint density at radius 2 is 2.04 bits per heavy atom. The van der Waals surface area contributed by atoms with Crippen LogP contribution in [0.3, 0.4) is 0 Å². The number of esters is 1. The van der Waals surface area contributed by atoms with E-state index in [-0.39, 0.29) is 12.0 Å². The lowest BCUT2D eigenvalue weighted by Gasteiger charge is -2.33. The van der Waals surface area contributed by atoms with E-state index in [9.17, 15) is 4.79 Å². The fraction of sp³-hybridized carbons (Fsp3) is 0.550. The zero-order valence-electron chi connectivity index (χ0n) is 15.9. The van der Waals surface area contributed by atoms with Gasteiger partial charge in [-0.1, -0.05) is 42.7 Å². The van der Waals surface area contributed by atoms with Gasteiger partial charge in [0, 0.05) is 11.6 Å². The molecule has 1 aromatic carbocycles. The molecule has 0 spiro atoms. The SMILES string of the molecule is COC(=O)[C@@H]1C[C@H]2CCCC[C@@H]2N1Cn1[nH]c(-c2ccc(C)cc2)nc1=S. The van der Waals surface area contributed by atoms with Gasteiger partial charge in [0.2, 0.25) is 4.77 Å². The number of H-pyrrole nitrogens is 1. The van der Waals surface area contributed by atoms with Gasteiger partial charge in [-0.3, -0.25) is 14.8 Å². The summed E-state index contributed by atoms with van der Waals surface area (Å²) in [5, 5.41) is 3.32. The highest BCUT2D eigenvalue weighted by molar-refractivity contribution is 7.71. The molecule has 0 radical (unpaired) electrons. The number of carbonyl (C=O) groups is 1. The molecule has 3 atom stereocenters. The van der Waals surface area contributed by atoms with Gasteiger partial charge in [-0.2, -0.15) is 4.98 Å². The lowest BCUT2D eigenvalue weighted by atomic mass is 9.85. The van der Waals surface area contributed by atoms with Gasteiger partial charge in [-0.05, 0) is 44.3 Å². The molecule has 2 fully saturated rings. The number of hydrogen-bond donors (Lipinski definition) is 1. The molecule has 1 aliphatic carbocycles. The minimum Gasteiger partial charge on any atom is -0.468 e. The molecular formula is C20H26N4O2S. The van der Waals surface area contributed by atoms with Gasteiger partial charge in [0.15, 0.2) is 5.82 Å². The molecule has 1 saturated carbocycles. The second-order valence-electron chi connectivity index (χ2n) is 7.69. The maximum Gasteiger partial charge on any atom is 0.323 e. The molecule has 0 unspecified atom stereocenters. The topological polar surface area (TPSA) is 63.1 Å². The molecule has 144 valence electrons. The molecular weight excluding hydrogens is 360 g/mol. The average Bonchev–Trinajstić information content (AvgIpc) is 3.23. The Kier molecular flexibility index (Phi) is 5.14. The lowest BCUT2D eigenvalue weighted by molar-refractivity contribution is -0.147. The highest BCUT2D eigenvalue weighted by atomic mass is 32.1. The van der Waals surface area contributed by atoms with Gasteiger partial charge in [0.25, 0.3) is 0 Å². The Hall–Kier alpha value is -1.99. The van der Waals surface area contributed by atoms with Crippen LogP contribution in [0.2, 0.25) is 0 Å². The van der Waals surface area contributed by atoms with Gasteiger partial charge in [-0.25, -0.2) is 4.68 Å². The smallest absolute Gasteiger partial charge is 0.323 e. The molecule has 2 aromatic rings. The third-order valence-corrected chi connectivity index (χ3v) is 6.32. The van der Waals surface area contributed by atoms with E-state index in [0.717, 1.165) is 24.2 Å². The van der Waals surface area contributed by atoms with Crippen molar-refractivity contribution >= 4 is 18.2 Å². The van der Waals surface area contributed by atoms with E-state index >= 15 is 0 Å². The Balaban J connectivity index is 1.60. The van der Waals surface area contributed by atoms with E-state index in [0.29, 0.717) is 23.4 Å². The molecule has 6 nitrogen and oxygen atoms in total. The van der Waals surface area contributed by atoms with Crippen LogP contribution in [0, 0.1) is 17.6 Å². The fourth-order valence-electron chi connectivity index (χ4n) is 4.58. The first-order chi connectivity index (χ1) is 13.1. The molecule has 0 amide bonds. The van der Waals surface area contributed by atoms with E-state index < -0.39 is 0 Å². The van der Waals surface area contributed by atoms with Crippen molar-refractivity contribution in [2.45, 2.75) is 57.8 Å². The van der Waals surface area contributed by atoms with Gasteiger partial charge < -0.3 is 4.74 Å². The first kappa shape index (κ1) is 18.4. The summed E-state index contributed by atoms with van der Waals surface area (Å²) in [5.74, 6) is 1.18. The summed E-state index contributed by atoms with van der Waals surface area (Å²) < 4.78 is 7.46. The Labute approximate surface area is 164 Å². The van der Waals surface area contributed by atoms with E-state index in [1.165, 1.54) is 31.9 Å². The van der Waals surface area contributed by atoms with Crippen LogP contribution in [0.15, 0.2) is 24.3 Å². The quantitative estimate of drug-likeness (QED) is 0.641. The third kappa shape index (κ3) is 3.58. The molecule has 1 N–H and O–H groups in total. The second kappa shape index (κ2) is 7.56. The zero-order chi connectivity index (χ0) is 19.0. The third-order valence-electron chi connectivity index (χ3n) is 6.00. The Bertz CT molecular complexity index is 873. The van der Waals surface area contributed by atoms with Crippen LogP contribution in [0.25, 0.3) is 11.4 Å². The summed E-state index contributed by atoms with van der Waals surface area (Å²) in [7, 11) is 1.47. The number of fused-ring (bicyclic) bond motifs is 1. The van der Waals surface area contributed by atoms with Gasteiger partial charge in [0.1, 0.15) is 6.04 Å². The van der Waals surface area contributed by atoms with E-state index in [2.05, 4.69) is 34.0 Å². The Morgan fingerprint density at radius 3 is 2.78 bits per heavy atom. The first-order valence-corrected chi connectivity index (χ1v) is 10.0. The van der Waals surface area contributed by atoms with Crippen molar-refractivity contribution in [3.05, 3.63) is 34.6 Å². The van der Waals surface area contributed by atoms with E-state index in [1.54, 1.807) is 0 Å². The van der Waals surface area contributed by atoms with Crippen molar-refractivity contribution in [3.8, 4) is 11.4 Å².